The number of carbonyl (C=O) groups excluding carboxylic acids is 3. The number of fused-ring (bicyclic) bond motifs is 5. The summed E-state index contributed by atoms with van der Waals surface area (Å²) in [5.74, 6) is -0.960. The van der Waals surface area contributed by atoms with Gasteiger partial charge in [0.2, 0.25) is 5.91 Å². The number of benzene rings is 1. The lowest BCUT2D eigenvalue weighted by molar-refractivity contribution is -0.388. The van der Waals surface area contributed by atoms with Crippen molar-refractivity contribution in [1.29, 1.82) is 0 Å². The Kier molecular flexibility index (Phi) is 9.48. The third-order valence-electron chi connectivity index (χ3n) is 10.9. The highest BCUT2D eigenvalue weighted by Crippen LogP contribution is 2.67. The van der Waals surface area contributed by atoms with Gasteiger partial charge in [0.05, 0.1) is 11.0 Å². The molecule has 1 amide bonds. The molecule has 13 heteroatoms. The normalized spacial score (nSPS) is 34.8. The molecule has 4 N–H and O–H groups in total. The van der Waals surface area contributed by atoms with E-state index in [9.17, 15) is 53.0 Å². The number of nitro benzene ring substituents is 1. The summed E-state index contributed by atoms with van der Waals surface area (Å²) in [6.45, 7) is 8.63. The van der Waals surface area contributed by atoms with E-state index in [1.807, 2.05) is 13.0 Å². The van der Waals surface area contributed by atoms with E-state index in [1.54, 1.807) is 26.0 Å². The molecular weight excluding hydrogens is 609 g/mol. The summed E-state index contributed by atoms with van der Waals surface area (Å²) in [4.78, 5) is 45.1. The van der Waals surface area contributed by atoms with E-state index in [1.165, 1.54) is 0 Å². The molecule has 0 bridgehead atoms. The Morgan fingerprint density at radius 3 is 2.43 bits per heavy atom. The number of nitrogens with zero attached hydrogens (tertiary/aromatic N) is 1. The zero-order valence-corrected chi connectivity index (χ0v) is 26.4. The lowest BCUT2D eigenvalue weighted by Gasteiger charge is -2.60. The van der Waals surface area contributed by atoms with Gasteiger partial charge in [-0.15, -0.1) is 0 Å². The summed E-state index contributed by atoms with van der Waals surface area (Å²) in [5.41, 5.74) is -4.15. The van der Waals surface area contributed by atoms with Crippen LogP contribution in [0.15, 0.2) is 42.0 Å². The Morgan fingerprint density at radius 1 is 1.22 bits per heavy atom. The van der Waals surface area contributed by atoms with Crippen LogP contribution in [0.2, 0.25) is 0 Å². The van der Waals surface area contributed by atoms with Crippen molar-refractivity contribution in [1.82, 2.24) is 0 Å². The van der Waals surface area contributed by atoms with E-state index in [0.717, 1.165) is 30.5 Å². The third kappa shape index (κ3) is 5.93. The molecule has 0 radical (unpaired) electrons. The number of ketones is 2. The van der Waals surface area contributed by atoms with Gasteiger partial charge >= 0.3 is 6.18 Å². The van der Waals surface area contributed by atoms with Crippen LogP contribution in [-0.2, 0) is 20.6 Å². The maximum Gasteiger partial charge on any atom is 0.423 e. The van der Waals surface area contributed by atoms with Gasteiger partial charge in [-0.1, -0.05) is 46.3 Å². The number of hydrogen-bond donors (Lipinski definition) is 4. The zero-order chi connectivity index (χ0) is 34.6. The van der Waals surface area contributed by atoms with Gasteiger partial charge in [-0.3, -0.25) is 24.5 Å². The van der Waals surface area contributed by atoms with Crippen LogP contribution in [-0.4, -0.2) is 56.0 Å². The smallest absolute Gasteiger partial charge is 0.393 e. The second-order valence-electron chi connectivity index (χ2n) is 13.9. The van der Waals surface area contributed by atoms with Gasteiger partial charge in [0, 0.05) is 34.4 Å². The molecule has 4 aliphatic rings. The van der Waals surface area contributed by atoms with E-state index in [2.05, 4.69) is 19.2 Å². The number of anilines is 1. The second kappa shape index (κ2) is 12.3. The molecule has 0 unspecified atom stereocenters. The topological polar surface area (TPSA) is 167 Å². The van der Waals surface area contributed by atoms with Gasteiger partial charge in [-0.05, 0) is 67.7 Å². The minimum Gasteiger partial charge on any atom is -0.393 e. The highest BCUT2D eigenvalue weighted by atomic mass is 19.4. The average Bonchev–Trinajstić information content (AvgIpc) is 3.23. The number of rotatable bonds is 5. The molecule has 0 heterocycles. The van der Waals surface area contributed by atoms with Gasteiger partial charge in [0.15, 0.2) is 11.6 Å². The van der Waals surface area contributed by atoms with Gasteiger partial charge in [0.1, 0.15) is 17.8 Å². The molecule has 1 aromatic carbocycles. The van der Waals surface area contributed by atoms with E-state index in [-0.39, 0.29) is 40.6 Å². The largest absolute Gasteiger partial charge is 0.423 e. The van der Waals surface area contributed by atoms with Crippen LogP contribution in [0.5, 0.6) is 0 Å². The van der Waals surface area contributed by atoms with Crippen molar-refractivity contribution in [2.24, 2.45) is 40.4 Å². The van der Waals surface area contributed by atoms with Crippen molar-refractivity contribution in [2.75, 3.05) is 11.9 Å². The fourth-order valence-corrected chi connectivity index (χ4v) is 8.63. The summed E-state index contributed by atoms with van der Waals surface area (Å²) < 4.78 is 38.0. The predicted octanol–water partition coefficient (Wildman–Crippen LogP) is 5.01. The van der Waals surface area contributed by atoms with E-state index in [4.69, 9.17) is 0 Å². The number of aliphatic hydroxyl groups excluding tert-OH is 2. The molecule has 252 valence electrons. The van der Waals surface area contributed by atoms with Crippen molar-refractivity contribution < 1.29 is 47.8 Å². The Labute approximate surface area is 264 Å². The summed E-state index contributed by atoms with van der Waals surface area (Å²) >= 11 is 0. The minimum atomic E-state index is -4.86. The minimum absolute atomic E-state index is 0.00620. The third-order valence-corrected chi connectivity index (χ3v) is 10.9. The van der Waals surface area contributed by atoms with Crippen LogP contribution in [0.25, 0.3) is 0 Å². The number of nitrogens with one attached hydrogen (secondary N) is 1. The number of halogens is 3. The Balaban J connectivity index is 0.000000224. The molecule has 0 spiro atoms. The van der Waals surface area contributed by atoms with Gasteiger partial charge < -0.3 is 20.6 Å². The fourth-order valence-electron chi connectivity index (χ4n) is 8.63. The molecular formula is C33H41F3N2O8. The quantitative estimate of drug-likeness (QED) is 0.255. The first-order chi connectivity index (χ1) is 21.2. The number of Topliss-reactive ketones (excluding diaryl/α,β-unsaturated/α-hetero) is 1. The molecule has 0 aromatic heterocycles. The van der Waals surface area contributed by atoms with Gasteiger partial charge in [-0.2, -0.15) is 13.2 Å². The SMILES string of the molecule is CC(C)C(=O)Nc1ccc([N+](=O)[O-])c(C(F)(F)F)c1.C[C@H]1C[C@@H]2[C@H]([C@@H](O)C[C@@]3(C)[C@H]2CC[C@]3(O)C(=O)CO)[C@@]2(C)C=CC(=O)C=C12. The van der Waals surface area contributed by atoms with E-state index < -0.39 is 63.7 Å². The van der Waals surface area contributed by atoms with Gasteiger partial charge in [0.25, 0.3) is 5.69 Å². The Bertz CT molecular complexity index is 1490. The monoisotopic (exact) mass is 650 g/mol. The first-order valence-corrected chi connectivity index (χ1v) is 15.4. The van der Waals surface area contributed by atoms with Crippen molar-refractivity contribution in [2.45, 2.75) is 78.2 Å². The maximum absolute atomic E-state index is 12.7. The van der Waals surface area contributed by atoms with Crippen molar-refractivity contribution in [3.05, 3.63) is 57.7 Å². The molecule has 0 aliphatic heterocycles. The fraction of sp³-hybridized carbons (Fsp3) is 0.606. The number of allylic oxidation sites excluding steroid dienone is 4. The lowest BCUT2D eigenvalue weighted by atomic mass is 9.45. The lowest BCUT2D eigenvalue weighted by Crippen LogP contribution is -2.62. The molecule has 1 aromatic rings. The van der Waals surface area contributed by atoms with E-state index in [0.29, 0.717) is 18.9 Å². The van der Waals surface area contributed by atoms with E-state index >= 15 is 0 Å². The van der Waals surface area contributed by atoms with Crippen molar-refractivity contribution >= 4 is 28.8 Å². The number of aliphatic hydroxyl groups is 3. The standard InChI is InChI=1S/C22H30O5.C11H11F3N2O3/c1-12-8-14-15-5-7-22(27,18(26)11-23)21(15,3)10-17(25)19(14)20(2)6-4-13(24)9-16(12)20;1-6(2)10(17)15-7-3-4-9(16(18)19)8(5-7)11(12,13)14/h4,6,9,12,14-15,17,19,23,25,27H,5,7-8,10-11H2,1-3H3;3-6H,1-2H3,(H,15,17)/t12-,14-,15-,17-,19+,20-,21-,22-;/m0./s1. The number of alkyl halides is 3. The number of nitro groups is 1. The second-order valence-corrected chi connectivity index (χ2v) is 13.9. The maximum atomic E-state index is 12.7. The molecule has 10 nitrogen and oxygen atoms in total. The average molecular weight is 651 g/mol. The van der Waals surface area contributed by atoms with Crippen LogP contribution < -0.4 is 5.32 Å². The van der Waals surface area contributed by atoms with Crippen LogP contribution in [0.3, 0.4) is 0 Å². The van der Waals surface area contributed by atoms with Crippen LogP contribution in [0.1, 0.15) is 65.9 Å². The van der Waals surface area contributed by atoms with Gasteiger partial charge in [-0.25, -0.2) is 0 Å². The highest BCUT2D eigenvalue weighted by molar-refractivity contribution is 6.01. The Hall–Kier alpha value is -3.42. The molecule has 8 atom stereocenters. The predicted molar refractivity (Wildman–Crippen MR) is 161 cm³/mol. The number of hydrogen-bond acceptors (Lipinski definition) is 8. The molecule has 5 rings (SSSR count). The number of amides is 1. The first kappa shape index (κ1) is 35.4. The Morgan fingerprint density at radius 2 is 1.87 bits per heavy atom. The van der Waals surface area contributed by atoms with Crippen LogP contribution >= 0.6 is 0 Å². The molecule has 0 saturated heterocycles. The molecule has 3 fully saturated rings. The summed E-state index contributed by atoms with van der Waals surface area (Å²) in [7, 11) is 0. The number of carbonyl (C=O) groups is 3. The molecule has 4 aliphatic carbocycles. The summed E-state index contributed by atoms with van der Waals surface area (Å²) in [5, 5.41) is 44.6. The molecule has 46 heavy (non-hydrogen) atoms. The molecule has 3 saturated carbocycles. The van der Waals surface area contributed by atoms with Crippen LogP contribution in [0, 0.1) is 50.5 Å². The van der Waals surface area contributed by atoms with Crippen molar-refractivity contribution in [3.63, 3.8) is 0 Å². The summed E-state index contributed by atoms with van der Waals surface area (Å²) in [6.07, 6.45) is 2.01. The first-order valence-electron chi connectivity index (χ1n) is 15.4. The summed E-state index contributed by atoms with van der Waals surface area (Å²) in [6, 6.07) is 2.34. The highest BCUT2D eigenvalue weighted by Gasteiger charge is 2.68. The van der Waals surface area contributed by atoms with Crippen molar-refractivity contribution in [3.8, 4) is 0 Å². The van der Waals surface area contributed by atoms with Crippen LogP contribution in [0.4, 0.5) is 24.5 Å². The zero-order valence-electron chi connectivity index (χ0n) is 26.4.